The van der Waals surface area contributed by atoms with Gasteiger partial charge < -0.3 is 15.8 Å². The summed E-state index contributed by atoms with van der Waals surface area (Å²) in [4.78, 5) is 11.0. The van der Waals surface area contributed by atoms with Crippen LogP contribution in [0.25, 0.3) is 0 Å². The van der Waals surface area contributed by atoms with Crippen molar-refractivity contribution in [1.82, 2.24) is 0 Å². The number of rotatable bonds is 5. The summed E-state index contributed by atoms with van der Waals surface area (Å²) in [5.74, 6) is 0.670. The van der Waals surface area contributed by atoms with Gasteiger partial charge in [-0.1, -0.05) is 17.7 Å². The standard InChI is InChI=1S/C22H20N4O3/c1-13-8-14(2)22(15(3)9-13)29-21-11-19(18(24)10-20(21)26(27)28)25-17-6-4-16(12-23)5-7-17/h4-11,25H,24H2,1-3H3. The van der Waals surface area contributed by atoms with Gasteiger partial charge in [-0.25, -0.2) is 0 Å². The number of ether oxygens (including phenoxy) is 1. The SMILES string of the molecule is Cc1cc(C)c(Oc2cc(Nc3ccc(C#N)cc3)c(N)cc2[N+](=O)[O-])c(C)c1. The molecule has 0 bridgehead atoms. The predicted molar refractivity (Wildman–Crippen MR) is 113 cm³/mol. The largest absolute Gasteiger partial charge is 0.449 e. The number of nitrogen functional groups attached to an aromatic ring is 1. The average molecular weight is 388 g/mol. The molecule has 0 saturated heterocycles. The zero-order valence-corrected chi connectivity index (χ0v) is 16.3. The van der Waals surface area contributed by atoms with Gasteiger partial charge in [-0.2, -0.15) is 5.26 Å². The maximum absolute atomic E-state index is 11.5. The molecule has 3 N–H and O–H groups in total. The summed E-state index contributed by atoms with van der Waals surface area (Å²) in [6.45, 7) is 5.78. The van der Waals surface area contributed by atoms with Crippen LogP contribution in [-0.4, -0.2) is 4.92 Å². The molecule has 3 aromatic carbocycles. The van der Waals surface area contributed by atoms with E-state index in [9.17, 15) is 10.1 Å². The number of nitrogens with two attached hydrogens (primary N) is 1. The van der Waals surface area contributed by atoms with Gasteiger partial charge in [-0.15, -0.1) is 0 Å². The molecule has 0 radical (unpaired) electrons. The van der Waals surface area contributed by atoms with Crippen molar-refractivity contribution in [2.45, 2.75) is 20.8 Å². The Hall–Kier alpha value is -4.05. The number of nitriles is 1. The first-order chi connectivity index (χ1) is 13.8. The lowest BCUT2D eigenvalue weighted by Gasteiger charge is -2.15. The van der Waals surface area contributed by atoms with Crippen molar-refractivity contribution in [2.24, 2.45) is 0 Å². The molecular formula is C22H20N4O3. The fourth-order valence-corrected chi connectivity index (χ4v) is 3.14. The van der Waals surface area contributed by atoms with Crippen molar-refractivity contribution < 1.29 is 9.66 Å². The van der Waals surface area contributed by atoms with Crippen LogP contribution in [-0.2, 0) is 0 Å². The number of hydrogen-bond acceptors (Lipinski definition) is 6. The second kappa shape index (κ2) is 7.90. The highest BCUT2D eigenvalue weighted by molar-refractivity contribution is 5.78. The van der Waals surface area contributed by atoms with Crippen molar-refractivity contribution in [3.8, 4) is 17.6 Å². The Labute approximate surface area is 168 Å². The first-order valence-electron chi connectivity index (χ1n) is 8.89. The third-order valence-electron chi connectivity index (χ3n) is 4.44. The number of nitro groups is 1. The zero-order chi connectivity index (χ0) is 21.1. The molecule has 0 aromatic heterocycles. The van der Waals surface area contributed by atoms with Crippen LogP contribution in [0.3, 0.4) is 0 Å². The molecule has 0 unspecified atom stereocenters. The Bertz CT molecular complexity index is 1110. The molecule has 0 aliphatic heterocycles. The van der Waals surface area contributed by atoms with Crippen LogP contribution in [0.15, 0.2) is 48.5 Å². The molecule has 146 valence electrons. The zero-order valence-electron chi connectivity index (χ0n) is 16.3. The van der Waals surface area contributed by atoms with E-state index in [0.717, 1.165) is 16.7 Å². The molecule has 3 rings (SSSR count). The van der Waals surface area contributed by atoms with Crippen LogP contribution >= 0.6 is 0 Å². The van der Waals surface area contributed by atoms with E-state index in [0.29, 0.717) is 22.7 Å². The number of benzene rings is 3. The smallest absolute Gasteiger partial charge is 0.313 e. The van der Waals surface area contributed by atoms with E-state index in [2.05, 4.69) is 11.4 Å². The predicted octanol–water partition coefficient (Wildman–Crippen LogP) is 5.51. The van der Waals surface area contributed by atoms with Gasteiger partial charge >= 0.3 is 5.69 Å². The number of nitrogens with one attached hydrogen (secondary N) is 1. The fourth-order valence-electron chi connectivity index (χ4n) is 3.14. The van der Waals surface area contributed by atoms with Crippen molar-refractivity contribution in [3.05, 3.63) is 80.9 Å². The van der Waals surface area contributed by atoms with Crippen LogP contribution in [0.4, 0.5) is 22.7 Å². The van der Waals surface area contributed by atoms with E-state index < -0.39 is 4.92 Å². The van der Waals surface area contributed by atoms with Gasteiger partial charge in [-0.3, -0.25) is 10.1 Å². The van der Waals surface area contributed by atoms with E-state index in [1.54, 1.807) is 24.3 Å². The molecule has 0 aliphatic carbocycles. The molecule has 0 spiro atoms. The number of hydrogen-bond donors (Lipinski definition) is 2. The van der Waals surface area contributed by atoms with Crippen molar-refractivity contribution >= 4 is 22.7 Å². The monoisotopic (exact) mass is 388 g/mol. The van der Waals surface area contributed by atoms with Gasteiger partial charge in [-0.05, 0) is 56.2 Å². The molecule has 0 atom stereocenters. The summed E-state index contributed by atoms with van der Waals surface area (Å²) in [5.41, 5.74) is 10.6. The third-order valence-corrected chi connectivity index (χ3v) is 4.44. The third kappa shape index (κ3) is 4.28. The van der Waals surface area contributed by atoms with Gasteiger partial charge in [0.1, 0.15) is 5.75 Å². The van der Waals surface area contributed by atoms with E-state index >= 15 is 0 Å². The topological polar surface area (TPSA) is 114 Å². The maximum Gasteiger partial charge on any atom is 0.313 e. The van der Waals surface area contributed by atoms with Gasteiger partial charge in [0, 0.05) is 17.8 Å². The molecule has 29 heavy (non-hydrogen) atoms. The van der Waals surface area contributed by atoms with Crippen LogP contribution < -0.4 is 15.8 Å². The Morgan fingerprint density at radius 3 is 2.24 bits per heavy atom. The Morgan fingerprint density at radius 2 is 1.69 bits per heavy atom. The van der Waals surface area contributed by atoms with Crippen molar-refractivity contribution in [2.75, 3.05) is 11.1 Å². The fraction of sp³-hybridized carbons (Fsp3) is 0.136. The lowest BCUT2D eigenvalue weighted by Crippen LogP contribution is -2.02. The lowest BCUT2D eigenvalue weighted by molar-refractivity contribution is -0.385. The van der Waals surface area contributed by atoms with Crippen molar-refractivity contribution in [1.29, 1.82) is 5.26 Å². The molecule has 0 amide bonds. The molecule has 0 fully saturated rings. The van der Waals surface area contributed by atoms with Crippen LogP contribution in [0.2, 0.25) is 0 Å². The number of anilines is 3. The van der Waals surface area contributed by atoms with E-state index in [1.807, 2.05) is 32.9 Å². The summed E-state index contributed by atoms with van der Waals surface area (Å²) in [5, 5.41) is 23.6. The normalized spacial score (nSPS) is 10.3. The molecule has 7 nitrogen and oxygen atoms in total. The Kier molecular flexibility index (Phi) is 5.37. The minimum atomic E-state index is -0.518. The molecular weight excluding hydrogens is 368 g/mol. The average Bonchev–Trinajstić information content (AvgIpc) is 2.67. The second-order valence-corrected chi connectivity index (χ2v) is 6.81. The molecule has 0 heterocycles. The molecule has 0 aliphatic rings. The summed E-state index contributed by atoms with van der Waals surface area (Å²) in [7, 11) is 0. The highest BCUT2D eigenvalue weighted by Gasteiger charge is 2.21. The maximum atomic E-state index is 11.5. The quantitative estimate of drug-likeness (QED) is 0.338. The molecule has 3 aromatic rings. The Balaban J connectivity index is 2.02. The second-order valence-electron chi connectivity index (χ2n) is 6.81. The van der Waals surface area contributed by atoms with Gasteiger partial charge in [0.15, 0.2) is 0 Å². The first-order valence-corrected chi connectivity index (χ1v) is 8.89. The molecule has 0 saturated carbocycles. The van der Waals surface area contributed by atoms with Crippen molar-refractivity contribution in [3.63, 3.8) is 0 Å². The summed E-state index contributed by atoms with van der Waals surface area (Å²) < 4.78 is 5.98. The highest BCUT2D eigenvalue weighted by atomic mass is 16.6. The van der Waals surface area contributed by atoms with E-state index in [-0.39, 0.29) is 17.1 Å². The first kappa shape index (κ1) is 19.7. The summed E-state index contributed by atoms with van der Waals surface area (Å²) in [6.07, 6.45) is 0. The minimum absolute atomic E-state index is 0.0930. The Morgan fingerprint density at radius 1 is 1.07 bits per heavy atom. The van der Waals surface area contributed by atoms with Gasteiger partial charge in [0.25, 0.3) is 0 Å². The van der Waals surface area contributed by atoms with Gasteiger partial charge in [0.05, 0.1) is 27.9 Å². The van der Waals surface area contributed by atoms with Gasteiger partial charge in [0.2, 0.25) is 5.75 Å². The molecule has 7 heteroatoms. The van der Waals surface area contributed by atoms with Crippen LogP contribution in [0.1, 0.15) is 22.3 Å². The summed E-state index contributed by atoms with van der Waals surface area (Å²) >= 11 is 0. The highest BCUT2D eigenvalue weighted by Crippen LogP contribution is 2.40. The summed E-state index contributed by atoms with van der Waals surface area (Å²) in [6, 6.07) is 15.6. The number of nitro benzene ring substituents is 1. The number of nitrogens with zero attached hydrogens (tertiary/aromatic N) is 2. The minimum Gasteiger partial charge on any atom is -0.449 e. The van der Waals surface area contributed by atoms with E-state index in [4.69, 9.17) is 15.7 Å². The van der Waals surface area contributed by atoms with E-state index in [1.165, 1.54) is 12.1 Å². The number of aryl methyl sites for hydroxylation is 3. The van der Waals surface area contributed by atoms with Crippen LogP contribution in [0.5, 0.6) is 11.5 Å². The lowest BCUT2D eigenvalue weighted by atomic mass is 10.1. The van der Waals surface area contributed by atoms with Crippen LogP contribution in [0, 0.1) is 42.2 Å².